The molecule has 2 aliphatic heterocycles. The third kappa shape index (κ3) is 5.91. The molecular formula is C27H27BrN2O6. The summed E-state index contributed by atoms with van der Waals surface area (Å²) in [6, 6.07) is 16.4. The lowest BCUT2D eigenvalue weighted by Gasteiger charge is -2.29. The largest absolute Gasteiger partial charge is 0.467 e. The quantitative estimate of drug-likeness (QED) is 0.384. The van der Waals surface area contributed by atoms with Crippen LogP contribution < -0.4 is 9.47 Å². The van der Waals surface area contributed by atoms with Crippen molar-refractivity contribution < 1.29 is 28.2 Å². The van der Waals surface area contributed by atoms with Crippen molar-refractivity contribution in [3.05, 3.63) is 82.2 Å². The minimum atomic E-state index is -0.207. The first-order chi connectivity index (χ1) is 17.5. The number of halogens is 1. The Bertz CT molecular complexity index is 1210. The van der Waals surface area contributed by atoms with Gasteiger partial charge in [-0.3, -0.25) is 9.59 Å². The maximum Gasteiger partial charge on any atom is 0.254 e. The maximum absolute atomic E-state index is 13.7. The molecule has 1 fully saturated rings. The summed E-state index contributed by atoms with van der Waals surface area (Å²) in [6.07, 6.45) is 3.32. The monoisotopic (exact) mass is 554 g/mol. The zero-order valence-electron chi connectivity index (χ0n) is 19.7. The van der Waals surface area contributed by atoms with Crippen molar-refractivity contribution in [1.82, 2.24) is 9.80 Å². The van der Waals surface area contributed by atoms with Crippen LogP contribution in [0.3, 0.4) is 0 Å². The number of benzene rings is 2. The van der Waals surface area contributed by atoms with E-state index in [1.54, 1.807) is 34.3 Å². The molecule has 1 unspecified atom stereocenters. The van der Waals surface area contributed by atoms with E-state index >= 15 is 0 Å². The lowest BCUT2D eigenvalue weighted by atomic mass is 10.1. The molecular weight excluding hydrogens is 528 g/mol. The highest BCUT2D eigenvalue weighted by Gasteiger charge is 2.28. The molecule has 0 N–H and O–H groups in total. The molecule has 8 nitrogen and oxygen atoms in total. The standard InChI is InChI=1S/C27H27BrN2O6/c28-21-5-1-4-20(13-21)27(32)30(16-23-7-3-11-34-23)17-26(31)29(15-22-6-2-10-33-22)14-19-8-9-24-25(12-19)36-18-35-24/h1-2,4-6,8-10,12-13,23H,3,7,11,14-18H2. The number of rotatable bonds is 9. The Kier molecular flexibility index (Phi) is 7.58. The number of hydrogen-bond acceptors (Lipinski definition) is 6. The molecule has 0 radical (unpaired) electrons. The van der Waals surface area contributed by atoms with Gasteiger partial charge in [0.2, 0.25) is 12.7 Å². The lowest BCUT2D eigenvalue weighted by Crippen LogP contribution is -2.45. The van der Waals surface area contributed by atoms with Gasteiger partial charge in [0.15, 0.2) is 11.5 Å². The topological polar surface area (TPSA) is 81.5 Å². The number of furan rings is 1. The van der Waals surface area contributed by atoms with E-state index in [0.717, 1.165) is 22.9 Å². The first kappa shape index (κ1) is 24.4. The summed E-state index contributed by atoms with van der Waals surface area (Å²) >= 11 is 3.43. The molecule has 9 heteroatoms. The van der Waals surface area contributed by atoms with Crippen LogP contribution in [0.15, 0.2) is 69.8 Å². The fraction of sp³-hybridized carbons (Fsp3) is 0.333. The van der Waals surface area contributed by atoms with Crippen molar-refractivity contribution >= 4 is 27.7 Å². The van der Waals surface area contributed by atoms with Crippen LogP contribution in [-0.4, -0.2) is 54.2 Å². The number of nitrogens with zero attached hydrogens (tertiary/aromatic N) is 2. The molecule has 188 valence electrons. The van der Waals surface area contributed by atoms with E-state index in [9.17, 15) is 9.59 Å². The van der Waals surface area contributed by atoms with Gasteiger partial charge in [-0.1, -0.05) is 28.1 Å². The van der Waals surface area contributed by atoms with Gasteiger partial charge in [-0.2, -0.15) is 0 Å². The van der Waals surface area contributed by atoms with Crippen LogP contribution >= 0.6 is 15.9 Å². The number of amides is 2. The van der Waals surface area contributed by atoms with Crippen LogP contribution in [0.5, 0.6) is 11.5 Å². The molecule has 5 rings (SSSR count). The van der Waals surface area contributed by atoms with E-state index in [1.165, 1.54) is 0 Å². The molecule has 2 aliphatic rings. The van der Waals surface area contributed by atoms with Crippen molar-refractivity contribution in [2.75, 3.05) is 26.5 Å². The Morgan fingerprint density at radius 2 is 1.86 bits per heavy atom. The van der Waals surface area contributed by atoms with Crippen LogP contribution in [0, 0.1) is 0 Å². The zero-order valence-corrected chi connectivity index (χ0v) is 21.3. The van der Waals surface area contributed by atoms with Gasteiger partial charge < -0.3 is 28.4 Å². The van der Waals surface area contributed by atoms with Gasteiger partial charge in [-0.25, -0.2) is 0 Å². The average molecular weight is 555 g/mol. The van der Waals surface area contributed by atoms with E-state index in [4.69, 9.17) is 18.6 Å². The Labute approximate surface area is 217 Å². The Morgan fingerprint density at radius 1 is 0.972 bits per heavy atom. The number of carbonyl (C=O) groups excluding carboxylic acids is 2. The van der Waals surface area contributed by atoms with Gasteiger partial charge in [-0.15, -0.1) is 0 Å². The van der Waals surface area contributed by atoms with Crippen molar-refractivity contribution in [2.24, 2.45) is 0 Å². The molecule has 1 saturated heterocycles. The van der Waals surface area contributed by atoms with Crippen LogP contribution in [0.2, 0.25) is 0 Å². The van der Waals surface area contributed by atoms with Gasteiger partial charge in [-0.05, 0) is 60.9 Å². The Hall–Kier alpha value is -3.30. The van der Waals surface area contributed by atoms with Crippen LogP contribution in [0.4, 0.5) is 0 Å². The fourth-order valence-electron chi connectivity index (χ4n) is 4.40. The summed E-state index contributed by atoms with van der Waals surface area (Å²) in [7, 11) is 0. The number of ether oxygens (including phenoxy) is 3. The van der Waals surface area contributed by atoms with Gasteiger partial charge in [0, 0.05) is 29.7 Å². The summed E-state index contributed by atoms with van der Waals surface area (Å²) in [4.78, 5) is 30.4. The van der Waals surface area contributed by atoms with Crippen molar-refractivity contribution in [3.8, 4) is 11.5 Å². The molecule has 2 amide bonds. The summed E-state index contributed by atoms with van der Waals surface area (Å²) in [5.41, 5.74) is 1.41. The van der Waals surface area contributed by atoms with Crippen molar-refractivity contribution in [1.29, 1.82) is 0 Å². The predicted octanol–water partition coefficient (Wildman–Crippen LogP) is 4.62. The Balaban J connectivity index is 1.37. The minimum Gasteiger partial charge on any atom is -0.467 e. The van der Waals surface area contributed by atoms with Gasteiger partial charge in [0.25, 0.3) is 5.91 Å². The highest BCUT2D eigenvalue weighted by Crippen LogP contribution is 2.33. The second-order valence-electron chi connectivity index (χ2n) is 8.85. The number of fused-ring (bicyclic) bond motifs is 1. The van der Waals surface area contributed by atoms with Gasteiger partial charge in [0.1, 0.15) is 12.3 Å². The smallest absolute Gasteiger partial charge is 0.254 e. The molecule has 2 aromatic carbocycles. The fourth-order valence-corrected chi connectivity index (χ4v) is 4.80. The normalized spacial score (nSPS) is 16.2. The van der Waals surface area contributed by atoms with Crippen LogP contribution in [0.1, 0.15) is 34.5 Å². The minimum absolute atomic E-state index is 0.0729. The van der Waals surface area contributed by atoms with Gasteiger partial charge in [0.05, 0.1) is 18.9 Å². The predicted molar refractivity (Wildman–Crippen MR) is 135 cm³/mol. The van der Waals surface area contributed by atoms with E-state index in [0.29, 0.717) is 42.5 Å². The van der Waals surface area contributed by atoms with Crippen molar-refractivity contribution in [3.63, 3.8) is 0 Å². The highest BCUT2D eigenvalue weighted by atomic mass is 79.9. The molecule has 1 aromatic heterocycles. The summed E-state index contributed by atoms with van der Waals surface area (Å²) in [5.74, 6) is 1.60. The third-order valence-electron chi connectivity index (χ3n) is 6.22. The van der Waals surface area contributed by atoms with E-state index in [-0.39, 0.29) is 37.8 Å². The number of carbonyl (C=O) groups is 2. The third-order valence-corrected chi connectivity index (χ3v) is 6.72. The lowest BCUT2D eigenvalue weighted by molar-refractivity contribution is -0.133. The van der Waals surface area contributed by atoms with Crippen LogP contribution in [-0.2, 0) is 22.6 Å². The molecule has 3 aromatic rings. The summed E-state index contributed by atoms with van der Waals surface area (Å²) < 4.78 is 23.0. The van der Waals surface area contributed by atoms with E-state index in [2.05, 4.69) is 15.9 Å². The molecule has 0 spiro atoms. The molecule has 0 bridgehead atoms. The summed E-state index contributed by atoms with van der Waals surface area (Å²) in [6.45, 7) is 1.75. The maximum atomic E-state index is 13.7. The molecule has 36 heavy (non-hydrogen) atoms. The second-order valence-corrected chi connectivity index (χ2v) is 9.76. The number of hydrogen-bond donors (Lipinski definition) is 0. The molecule has 3 heterocycles. The van der Waals surface area contributed by atoms with Crippen LogP contribution in [0.25, 0.3) is 0 Å². The molecule has 1 atom stereocenters. The Morgan fingerprint density at radius 3 is 2.64 bits per heavy atom. The van der Waals surface area contributed by atoms with Gasteiger partial charge >= 0.3 is 0 Å². The molecule has 0 saturated carbocycles. The van der Waals surface area contributed by atoms with E-state index < -0.39 is 0 Å². The average Bonchev–Trinajstić information content (AvgIpc) is 3.66. The zero-order chi connectivity index (χ0) is 24.9. The van der Waals surface area contributed by atoms with Crippen molar-refractivity contribution in [2.45, 2.75) is 32.0 Å². The van der Waals surface area contributed by atoms with E-state index in [1.807, 2.05) is 36.4 Å². The first-order valence-electron chi connectivity index (χ1n) is 11.9. The second kappa shape index (κ2) is 11.2. The summed E-state index contributed by atoms with van der Waals surface area (Å²) in [5, 5.41) is 0. The first-order valence-corrected chi connectivity index (χ1v) is 12.7. The molecule has 0 aliphatic carbocycles. The SMILES string of the molecule is O=C(CN(CC1CCCO1)C(=O)c1cccc(Br)c1)N(Cc1ccc2c(c1)OCO2)Cc1ccco1. The highest BCUT2D eigenvalue weighted by molar-refractivity contribution is 9.10.